The van der Waals surface area contributed by atoms with Gasteiger partial charge in [-0.15, -0.1) is 0 Å². The van der Waals surface area contributed by atoms with Gasteiger partial charge in [-0.1, -0.05) is 6.92 Å². The lowest BCUT2D eigenvalue weighted by Gasteiger charge is -2.08. The molecule has 1 heterocycles. The molecule has 0 saturated carbocycles. The van der Waals surface area contributed by atoms with Gasteiger partial charge >= 0.3 is 0 Å². The summed E-state index contributed by atoms with van der Waals surface area (Å²) in [4.78, 5) is 11.5. The summed E-state index contributed by atoms with van der Waals surface area (Å²) in [6.07, 6.45) is 0. The molecule has 1 aromatic carbocycles. The molecule has 0 aliphatic carbocycles. The van der Waals surface area contributed by atoms with E-state index in [9.17, 15) is 4.79 Å². The van der Waals surface area contributed by atoms with Gasteiger partial charge in [0.25, 0.3) is 0 Å². The summed E-state index contributed by atoms with van der Waals surface area (Å²) in [5.74, 6) is 0.805. The van der Waals surface area contributed by atoms with Gasteiger partial charge in [-0.3, -0.25) is 4.79 Å². The maximum absolute atomic E-state index is 11.5. The van der Waals surface area contributed by atoms with E-state index in [4.69, 9.17) is 4.74 Å². The van der Waals surface area contributed by atoms with Crippen molar-refractivity contribution in [1.82, 2.24) is 0 Å². The van der Waals surface area contributed by atoms with Crippen molar-refractivity contribution in [3.63, 3.8) is 0 Å². The number of nitrogens with one attached hydrogen (secondary N) is 2. The maximum atomic E-state index is 11.5. The van der Waals surface area contributed by atoms with E-state index in [2.05, 4.69) is 10.6 Å². The van der Waals surface area contributed by atoms with Crippen LogP contribution in [0.2, 0.25) is 0 Å². The fourth-order valence-corrected chi connectivity index (χ4v) is 1.52. The summed E-state index contributed by atoms with van der Waals surface area (Å²) in [7, 11) is 1.62. The van der Waals surface area contributed by atoms with Crippen molar-refractivity contribution in [1.29, 1.82) is 0 Å². The van der Waals surface area contributed by atoms with Crippen LogP contribution in [0.15, 0.2) is 18.2 Å². The quantitative estimate of drug-likeness (QED) is 0.735. The van der Waals surface area contributed by atoms with Crippen LogP contribution in [0.25, 0.3) is 0 Å². The summed E-state index contributed by atoms with van der Waals surface area (Å²) < 4.78 is 5.12. The zero-order chi connectivity index (χ0) is 10.8. The van der Waals surface area contributed by atoms with E-state index in [1.165, 1.54) is 0 Å². The number of anilines is 2. The van der Waals surface area contributed by atoms with Crippen molar-refractivity contribution in [3.05, 3.63) is 18.2 Å². The first-order valence-electron chi connectivity index (χ1n) is 4.93. The van der Waals surface area contributed by atoms with Crippen molar-refractivity contribution >= 4 is 17.3 Å². The van der Waals surface area contributed by atoms with E-state index in [0.29, 0.717) is 6.54 Å². The van der Waals surface area contributed by atoms with Crippen LogP contribution in [-0.4, -0.2) is 19.6 Å². The number of ether oxygens (including phenoxy) is 1. The van der Waals surface area contributed by atoms with Crippen LogP contribution < -0.4 is 15.4 Å². The molecule has 1 amide bonds. The molecule has 0 saturated heterocycles. The first kappa shape index (κ1) is 9.83. The van der Waals surface area contributed by atoms with Crippen molar-refractivity contribution in [2.75, 3.05) is 24.3 Å². The minimum atomic E-state index is -0.0246. The molecule has 2 rings (SSSR count). The number of carbonyl (C=O) groups excluding carboxylic acids is 1. The molecule has 1 aromatic rings. The smallest absolute Gasteiger partial charge is 0.229 e. The minimum Gasteiger partial charge on any atom is -0.497 e. The van der Waals surface area contributed by atoms with Gasteiger partial charge in [0.1, 0.15) is 5.75 Å². The van der Waals surface area contributed by atoms with E-state index in [0.717, 1.165) is 17.1 Å². The van der Waals surface area contributed by atoms with Crippen molar-refractivity contribution in [3.8, 4) is 5.75 Å². The third-order valence-corrected chi connectivity index (χ3v) is 2.53. The fraction of sp³-hybridized carbons (Fsp3) is 0.364. The Morgan fingerprint density at radius 1 is 1.40 bits per heavy atom. The van der Waals surface area contributed by atoms with Crippen LogP contribution in [0.3, 0.4) is 0 Å². The molecular formula is C11H14N2O2. The molecule has 15 heavy (non-hydrogen) atoms. The average Bonchev–Trinajstić information content (AvgIpc) is 2.39. The molecule has 1 aliphatic rings. The number of hydrogen-bond acceptors (Lipinski definition) is 3. The molecule has 1 aliphatic heterocycles. The highest BCUT2D eigenvalue weighted by atomic mass is 16.5. The normalized spacial score (nSPS) is 19.6. The predicted molar refractivity (Wildman–Crippen MR) is 59.3 cm³/mol. The Bertz CT molecular complexity index is 390. The third-order valence-electron chi connectivity index (χ3n) is 2.53. The van der Waals surface area contributed by atoms with Gasteiger partial charge in [-0.2, -0.15) is 0 Å². The summed E-state index contributed by atoms with van der Waals surface area (Å²) >= 11 is 0. The number of rotatable bonds is 1. The lowest BCUT2D eigenvalue weighted by Crippen LogP contribution is -2.22. The van der Waals surface area contributed by atoms with Crippen LogP contribution in [0.4, 0.5) is 11.4 Å². The zero-order valence-electron chi connectivity index (χ0n) is 8.83. The SMILES string of the molecule is COc1ccc2c(c1)NCC(C)C(=O)N2. The highest BCUT2D eigenvalue weighted by Gasteiger charge is 2.19. The van der Waals surface area contributed by atoms with Crippen LogP contribution in [-0.2, 0) is 4.79 Å². The number of carbonyl (C=O) groups is 1. The molecule has 0 aromatic heterocycles. The molecule has 0 fully saturated rings. The van der Waals surface area contributed by atoms with Gasteiger partial charge in [-0.25, -0.2) is 0 Å². The summed E-state index contributed by atoms with van der Waals surface area (Å²) in [5.41, 5.74) is 1.72. The summed E-state index contributed by atoms with van der Waals surface area (Å²) in [5, 5.41) is 6.08. The molecule has 4 nitrogen and oxygen atoms in total. The molecule has 0 radical (unpaired) electrons. The van der Waals surface area contributed by atoms with E-state index in [1.807, 2.05) is 25.1 Å². The predicted octanol–water partition coefficient (Wildman–Crippen LogP) is 1.70. The number of amides is 1. The highest BCUT2D eigenvalue weighted by molar-refractivity contribution is 5.97. The Hall–Kier alpha value is -1.71. The lowest BCUT2D eigenvalue weighted by molar-refractivity contribution is -0.118. The van der Waals surface area contributed by atoms with Crippen molar-refractivity contribution < 1.29 is 9.53 Å². The monoisotopic (exact) mass is 206 g/mol. The van der Waals surface area contributed by atoms with Crippen LogP contribution in [0.1, 0.15) is 6.92 Å². The summed E-state index contributed by atoms with van der Waals surface area (Å²) in [6, 6.07) is 5.56. The zero-order valence-corrected chi connectivity index (χ0v) is 8.83. The van der Waals surface area contributed by atoms with Crippen LogP contribution in [0.5, 0.6) is 5.75 Å². The molecular weight excluding hydrogens is 192 g/mol. The van der Waals surface area contributed by atoms with Crippen LogP contribution in [0, 0.1) is 5.92 Å². The first-order chi connectivity index (χ1) is 7.20. The third kappa shape index (κ3) is 1.88. The van der Waals surface area contributed by atoms with Gasteiger partial charge in [0.2, 0.25) is 5.91 Å². The van der Waals surface area contributed by atoms with E-state index >= 15 is 0 Å². The molecule has 1 unspecified atom stereocenters. The van der Waals surface area contributed by atoms with Crippen LogP contribution >= 0.6 is 0 Å². The van der Waals surface area contributed by atoms with Gasteiger partial charge in [0, 0.05) is 12.6 Å². The molecule has 0 spiro atoms. The van der Waals surface area contributed by atoms with Gasteiger partial charge in [0.15, 0.2) is 0 Å². The van der Waals surface area contributed by atoms with E-state index in [1.54, 1.807) is 7.11 Å². The number of benzene rings is 1. The first-order valence-corrected chi connectivity index (χ1v) is 4.93. The Morgan fingerprint density at radius 2 is 2.20 bits per heavy atom. The molecule has 0 bridgehead atoms. The number of fused-ring (bicyclic) bond motifs is 1. The Balaban J connectivity index is 2.34. The Labute approximate surface area is 88.6 Å². The lowest BCUT2D eigenvalue weighted by atomic mass is 10.2. The molecule has 2 N–H and O–H groups in total. The molecule has 80 valence electrons. The number of hydrogen-bond donors (Lipinski definition) is 2. The fourth-order valence-electron chi connectivity index (χ4n) is 1.52. The molecule has 1 atom stereocenters. The standard InChI is InChI=1S/C11H14N2O2/c1-7-6-12-10-5-8(15-2)3-4-9(10)13-11(7)14/h3-5,7,12H,6H2,1-2H3,(H,13,14). The maximum Gasteiger partial charge on any atom is 0.229 e. The highest BCUT2D eigenvalue weighted by Crippen LogP contribution is 2.29. The van der Waals surface area contributed by atoms with E-state index < -0.39 is 0 Å². The van der Waals surface area contributed by atoms with Gasteiger partial charge < -0.3 is 15.4 Å². The number of methoxy groups -OCH3 is 1. The van der Waals surface area contributed by atoms with Gasteiger partial charge in [-0.05, 0) is 12.1 Å². The second-order valence-corrected chi connectivity index (χ2v) is 3.68. The second kappa shape index (κ2) is 3.81. The minimum absolute atomic E-state index is 0.0246. The summed E-state index contributed by atoms with van der Waals surface area (Å²) in [6.45, 7) is 2.54. The van der Waals surface area contributed by atoms with Crippen molar-refractivity contribution in [2.24, 2.45) is 5.92 Å². The Morgan fingerprint density at radius 3 is 2.93 bits per heavy atom. The molecule has 4 heteroatoms. The average molecular weight is 206 g/mol. The Kier molecular flexibility index (Phi) is 2.49. The topological polar surface area (TPSA) is 50.4 Å². The van der Waals surface area contributed by atoms with E-state index in [-0.39, 0.29) is 11.8 Å². The van der Waals surface area contributed by atoms with Gasteiger partial charge in [0.05, 0.1) is 24.4 Å². The van der Waals surface area contributed by atoms with Crippen molar-refractivity contribution in [2.45, 2.75) is 6.92 Å². The second-order valence-electron chi connectivity index (χ2n) is 3.68. The largest absolute Gasteiger partial charge is 0.497 e.